The molecule has 618 valence electrons. The molecule has 4 aromatic carbocycles. The van der Waals surface area contributed by atoms with Crippen LogP contribution in [0.1, 0.15) is 182 Å². The minimum Gasteiger partial charge on any atom is -0.490 e. The lowest BCUT2D eigenvalue weighted by Gasteiger charge is -2.44. The highest BCUT2D eigenvalue weighted by Gasteiger charge is 2.52. The van der Waals surface area contributed by atoms with Crippen molar-refractivity contribution in [3.05, 3.63) is 177 Å². The summed E-state index contributed by atoms with van der Waals surface area (Å²) in [5, 5.41) is 9.01. The van der Waals surface area contributed by atoms with Crippen LogP contribution in [-0.4, -0.2) is 203 Å². The molecule has 2 unspecified atom stereocenters. The van der Waals surface area contributed by atoms with Gasteiger partial charge in [-0.05, 0) is 244 Å². The summed E-state index contributed by atoms with van der Waals surface area (Å²) in [5.74, 6) is -0.392. The van der Waals surface area contributed by atoms with Crippen LogP contribution in [0.2, 0.25) is 0 Å². The van der Waals surface area contributed by atoms with E-state index in [2.05, 4.69) is 65.5 Å². The van der Waals surface area contributed by atoms with E-state index in [4.69, 9.17) is 61.8 Å². The van der Waals surface area contributed by atoms with Crippen molar-refractivity contribution >= 4 is 134 Å². The SMILES string of the molecule is CC=O.[C-]#[N+]c1ccc(N2C(=O)C(C)(C)N(Cc3ccc(N4CCC(CN(CC)C5CC(Oc6ccc7c(c6)C(=O)N(C6CCC(=O)NC6=O)C7=O)C5)CC4)nc3)C2=S)cc1C.[C-]#[N+]c1ccc(N2C(=O)C(C)(C)N(Cc3ccc(N4CCC(CNC5CC(Oc6ccc7c(c6)C(=O)N(C6CCC(=O)NC6=O)C7=O)C5)CC4)nc3)C2=S)cc1C. The Kier molecular flexibility index (Phi) is 24.4. The highest BCUT2D eigenvalue weighted by Crippen LogP contribution is 2.41. The molecule has 0 radical (unpaired) electrons. The van der Waals surface area contributed by atoms with Crippen LogP contribution in [0.25, 0.3) is 9.69 Å². The van der Waals surface area contributed by atoms with Crippen molar-refractivity contribution in [3.8, 4) is 11.5 Å². The summed E-state index contributed by atoms with van der Waals surface area (Å²) in [6.45, 7) is 37.0. The van der Waals surface area contributed by atoms with E-state index >= 15 is 0 Å². The van der Waals surface area contributed by atoms with Crippen molar-refractivity contribution in [2.24, 2.45) is 11.8 Å². The lowest BCUT2D eigenvalue weighted by atomic mass is 9.86. The highest BCUT2D eigenvalue weighted by atomic mass is 32.1. The lowest BCUT2D eigenvalue weighted by Crippen LogP contribution is -2.54. The first-order chi connectivity index (χ1) is 57.0. The van der Waals surface area contributed by atoms with E-state index in [0.29, 0.717) is 81.5 Å². The number of carbonyl (C=O) groups excluding carboxylic acids is 11. The van der Waals surface area contributed by atoms with Crippen molar-refractivity contribution < 1.29 is 62.2 Å². The van der Waals surface area contributed by atoms with Gasteiger partial charge in [-0.25, -0.2) is 19.7 Å². The summed E-state index contributed by atoms with van der Waals surface area (Å²) in [6.07, 6.45) is 12.5. The summed E-state index contributed by atoms with van der Waals surface area (Å²) in [4.78, 5) is 169. The number of carbonyl (C=O) groups is 11. The number of ether oxygens (including phenoxy) is 2. The molecule has 6 saturated heterocycles. The number of imide groups is 4. The number of rotatable bonds is 21. The van der Waals surface area contributed by atoms with Gasteiger partial charge in [0, 0.05) is 107 Å². The third kappa shape index (κ3) is 16.9. The van der Waals surface area contributed by atoms with Crippen LogP contribution in [0.4, 0.5) is 34.4 Å². The molecule has 0 bridgehead atoms. The molecular formula is C88H96N16O13S2. The predicted octanol–water partition coefficient (Wildman–Crippen LogP) is 10.3. The summed E-state index contributed by atoms with van der Waals surface area (Å²) >= 11 is 11.7. The summed E-state index contributed by atoms with van der Waals surface area (Å²) in [5.41, 5.74) is 5.18. The number of aromatic nitrogens is 2. The van der Waals surface area contributed by atoms with Gasteiger partial charge in [0.05, 0.1) is 35.4 Å². The van der Waals surface area contributed by atoms with Crippen molar-refractivity contribution in [1.82, 2.24) is 50.4 Å². The number of benzene rings is 4. The Morgan fingerprint density at radius 1 is 0.555 bits per heavy atom. The number of hydrogen-bond acceptors (Lipinski definition) is 21. The van der Waals surface area contributed by atoms with Gasteiger partial charge in [-0.3, -0.25) is 78.2 Å². The van der Waals surface area contributed by atoms with Crippen molar-refractivity contribution in [2.45, 2.75) is 193 Å². The molecule has 2 aromatic heterocycles. The Labute approximate surface area is 701 Å². The second kappa shape index (κ2) is 34.7. The number of amides is 10. The number of piperidine rings is 4. The van der Waals surface area contributed by atoms with E-state index in [1.807, 2.05) is 81.9 Å². The Morgan fingerprint density at radius 2 is 0.966 bits per heavy atom. The lowest BCUT2D eigenvalue weighted by molar-refractivity contribution is -0.137. The Balaban J connectivity index is 0.000000189. The van der Waals surface area contributed by atoms with Crippen LogP contribution in [0, 0.1) is 38.8 Å². The second-order valence-electron chi connectivity index (χ2n) is 33.0. The fraction of sp³-hybridized carbons (Fsp3) is 0.443. The number of nitrogens with one attached hydrogen (secondary N) is 3. The van der Waals surface area contributed by atoms with Crippen molar-refractivity contribution in [1.29, 1.82) is 0 Å². The molecule has 10 amide bonds. The first kappa shape index (κ1) is 83.7. The number of hydrogen-bond donors (Lipinski definition) is 3. The maximum atomic E-state index is 13.6. The minimum absolute atomic E-state index is 0.000668. The third-order valence-corrected chi connectivity index (χ3v) is 25.5. The van der Waals surface area contributed by atoms with Gasteiger partial charge in [-0.1, -0.05) is 31.2 Å². The molecule has 6 aromatic rings. The molecule has 16 rings (SSSR count). The number of thiocarbonyl (C=S) groups is 2. The summed E-state index contributed by atoms with van der Waals surface area (Å²) in [7, 11) is 0. The number of fused-ring (bicyclic) bond motifs is 2. The molecule has 2 aliphatic carbocycles. The second-order valence-corrected chi connectivity index (χ2v) is 33.8. The van der Waals surface area contributed by atoms with Crippen LogP contribution in [0.3, 0.4) is 0 Å². The van der Waals surface area contributed by atoms with Gasteiger partial charge in [0.25, 0.3) is 35.4 Å². The Bertz CT molecular complexity index is 5190. The molecule has 2 saturated carbocycles. The standard InChI is InChI=1S/C44H48N8O6S.C42H44N8O6S.C2H4O/c1-6-48(30-20-32(21-30)58-31-9-10-33-34(22-31)41(56)52(40(33)55)36-12-14-38(53)47-39(36)54)24-27-15-17-49(18-16-27)37-13-7-28(23-46-37)25-50-43(59)51(42(57)44(50,3)4)29-8-11-35(45-5)26(2)19-29;1-24-17-28(6-9-33(24)43-4)49-40(55)42(2,3)48(41(49)57)23-26-5-11-35(45-22-26)47-15-13-25(14-16-47)21-44-27-18-30(19-27)56-29-7-8-31-32(20-29)39(54)50(38(31)53)34-10-12-36(51)46-37(34)52;1-2-3/h7-11,13,19,22-23,27,30,32,36H,6,12,14-18,20-21,24-25H2,1-4H3,(H,47,53,54);5-9,11,17,20,22,25,27,30,34,44H,10,12-16,18-19,21,23H2,1-3H3,(H,46,51,52);2H,1H3. The zero-order valence-corrected chi connectivity index (χ0v) is 69.5. The van der Waals surface area contributed by atoms with Crippen LogP contribution < -0.4 is 45.0 Å². The van der Waals surface area contributed by atoms with Gasteiger partial charge in [-0.15, -0.1) is 0 Å². The third-order valence-electron chi connectivity index (χ3n) is 24.6. The van der Waals surface area contributed by atoms with E-state index in [-0.39, 0.29) is 72.0 Å². The summed E-state index contributed by atoms with van der Waals surface area (Å²) < 4.78 is 12.4. The average molecular weight is 1650 g/mol. The van der Waals surface area contributed by atoms with E-state index in [0.717, 1.165) is 147 Å². The molecule has 0 spiro atoms. The van der Waals surface area contributed by atoms with E-state index < -0.39 is 70.4 Å². The van der Waals surface area contributed by atoms with E-state index in [1.54, 1.807) is 70.5 Å². The molecule has 2 atom stereocenters. The number of aryl methyl sites for hydroxylation is 2. The fourth-order valence-electron chi connectivity index (χ4n) is 17.3. The highest BCUT2D eigenvalue weighted by molar-refractivity contribution is 7.80. The maximum absolute atomic E-state index is 13.6. The molecule has 10 aliphatic rings. The number of aldehydes is 1. The van der Waals surface area contributed by atoms with Gasteiger partial charge in [0.1, 0.15) is 64.8 Å². The van der Waals surface area contributed by atoms with Crippen molar-refractivity contribution in [3.63, 3.8) is 0 Å². The predicted molar refractivity (Wildman–Crippen MR) is 451 cm³/mol. The summed E-state index contributed by atoms with van der Waals surface area (Å²) in [6, 6.07) is 27.4. The normalized spacial score (nSPS) is 22.8. The molecular weight excluding hydrogens is 1550 g/mol. The quantitative estimate of drug-likeness (QED) is 0.0261. The Morgan fingerprint density at radius 3 is 1.35 bits per heavy atom. The fourth-order valence-corrected chi connectivity index (χ4v) is 18.3. The monoisotopic (exact) mass is 1650 g/mol. The molecule has 3 N–H and O–H groups in total. The van der Waals surface area contributed by atoms with Gasteiger partial charge in [-0.2, -0.15) is 0 Å². The molecule has 10 heterocycles. The van der Waals surface area contributed by atoms with Crippen LogP contribution in [0.15, 0.2) is 109 Å². The van der Waals surface area contributed by atoms with Gasteiger partial charge in [0.15, 0.2) is 21.6 Å². The van der Waals surface area contributed by atoms with E-state index in [9.17, 15) is 47.9 Å². The van der Waals surface area contributed by atoms with E-state index in [1.165, 1.54) is 6.92 Å². The van der Waals surface area contributed by atoms with Gasteiger partial charge < -0.3 is 44.1 Å². The molecule has 8 fully saturated rings. The number of pyridine rings is 2. The topological polar surface area (TPSA) is 306 Å². The van der Waals surface area contributed by atoms with Crippen LogP contribution >= 0.6 is 24.4 Å². The zero-order valence-electron chi connectivity index (χ0n) is 67.9. The Hall–Kier alpha value is -11.8. The smallest absolute Gasteiger partial charge is 0.262 e. The molecule has 31 heteroatoms. The average Bonchev–Trinajstić information content (AvgIpc) is 1.61. The molecule has 29 nitrogen and oxygen atoms in total. The molecule has 8 aliphatic heterocycles. The first-order valence-corrected chi connectivity index (χ1v) is 41.4. The largest absolute Gasteiger partial charge is 0.490 e. The first-order valence-electron chi connectivity index (χ1n) is 40.6. The minimum atomic E-state index is -0.998. The maximum Gasteiger partial charge on any atom is 0.262 e. The van der Waals surface area contributed by atoms with Gasteiger partial charge >= 0.3 is 0 Å². The van der Waals surface area contributed by atoms with Crippen LogP contribution in [-0.2, 0) is 46.7 Å². The molecule has 119 heavy (non-hydrogen) atoms. The number of anilines is 4. The van der Waals surface area contributed by atoms with Crippen molar-refractivity contribution in [2.75, 3.05) is 65.4 Å². The number of nitrogens with zero attached hydrogens (tertiary/aromatic N) is 13. The zero-order chi connectivity index (χ0) is 84.6. The van der Waals surface area contributed by atoms with Gasteiger partial charge in [0.2, 0.25) is 23.6 Å². The van der Waals surface area contributed by atoms with Crippen LogP contribution in [0.5, 0.6) is 11.5 Å².